The van der Waals surface area contributed by atoms with Crippen LogP contribution in [0.3, 0.4) is 0 Å². The van der Waals surface area contributed by atoms with Gasteiger partial charge < -0.3 is 9.47 Å². The van der Waals surface area contributed by atoms with E-state index in [1.165, 1.54) is 12.8 Å². The van der Waals surface area contributed by atoms with E-state index in [-0.39, 0.29) is 24.2 Å². The highest BCUT2D eigenvalue weighted by atomic mass is 16.5. The van der Waals surface area contributed by atoms with E-state index < -0.39 is 0 Å². The summed E-state index contributed by atoms with van der Waals surface area (Å²) in [6, 6.07) is 25.1. The molecule has 0 saturated carbocycles. The maximum absolute atomic E-state index is 5.72. The number of benzene rings is 3. The lowest BCUT2D eigenvalue weighted by Crippen LogP contribution is -2.56. The third-order valence-corrected chi connectivity index (χ3v) is 14.7. The maximum atomic E-state index is 5.72. The molecule has 8 unspecified atom stereocenters. The minimum atomic E-state index is -0.105. The Morgan fingerprint density at radius 3 is 1.50 bits per heavy atom. The van der Waals surface area contributed by atoms with E-state index in [1.54, 1.807) is 14.2 Å². The van der Waals surface area contributed by atoms with Crippen LogP contribution in [-0.2, 0) is 0 Å². The van der Waals surface area contributed by atoms with Crippen LogP contribution in [0.2, 0.25) is 0 Å². The van der Waals surface area contributed by atoms with Gasteiger partial charge in [0.25, 0.3) is 0 Å². The number of fused-ring (bicyclic) bond motifs is 8. The van der Waals surface area contributed by atoms with Crippen LogP contribution >= 0.6 is 0 Å². The van der Waals surface area contributed by atoms with Crippen molar-refractivity contribution >= 4 is 21.8 Å². The van der Waals surface area contributed by atoms with E-state index in [9.17, 15) is 0 Å². The first kappa shape index (κ1) is 38.7. The zero-order chi connectivity index (χ0) is 41.9. The molecule has 6 fully saturated rings. The molecule has 13 rings (SSSR count). The Labute approximate surface area is 361 Å². The Bertz CT molecular complexity index is 2610. The van der Waals surface area contributed by atoms with Crippen LogP contribution in [0.5, 0.6) is 11.5 Å². The molecule has 3 aromatic carbocycles. The smallest absolute Gasteiger partial charge is 0.119 e. The van der Waals surface area contributed by atoms with Crippen LogP contribution in [0.15, 0.2) is 123 Å². The maximum Gasteiger partial charge on any atom is 0.119 e. The number of aromatic nitrogens is 8. The zero-order valence-corrected chi connectivity index (χ0v) is 35.4. The highest BCUT2D eigenvalue weighted by Crippen LogP contribution is 2.46. The monoisotopic (exact) mass is 824 g/mol. The number of rotatable bonds is 12. The third kappa shape index (κ3) is 6.58. The van der Waals surface area contributed by atoms with Crippen molar-refractivity contribution in [2.75, 3.05) is 40.4 Å². The number of hydrogen-bond donors (Lipinski definition) is 0. The number of piperidine rings is 6. The number of ether oxygens (including phenoxy) is 2. The van der Waals surface area contributed by atoms with Crippen LogP contribution in [0.25, 0.3) is 44.3 Å². The number of nitrogens with zero attached hydrogens (tertiary/aromatic N) is 10. The summed E-state index contributed by atoms with van der Waals surface area (Å²) in [5, 5.41) is 21.9. The fourth-order valence-electron chi connectivity index (χ4n) is 11.5. The molecule has 12 heteroatoms. The topological polar surface area (TPSA) is 112 Å². The summed E-state index contributed by atoms with van der Waals surface area (Å²) in [6.07, 6.45) is 16.9. The van der Waals surface area contributed by atoms with Crippen molar-refractivity contribution in [3.05, 3.63) is 134 Å². The molecule has 0 radical (unpaired) electrons. The molecule has 12 nitrogen and oxygen atoms in total. The molecule has 0 N–H and O–H groups in total. The first-order valence-corrected chi connectivity index (χ1v) is 22.0. The van der Waals surface area contributed by atoms with Crippen LogP contribution in [0, 0.1) is 23.7 Å². The van der Waals surface area contributed by atoms with Gasteiger partial charge in [0.05, 0.1) is 49.7 Å². The van der Waals surface area contributed by atoms with Gasteiger partial charge >= 0.3 is 0 Å². The van der Waals surface area contributed by atoms with Crippen LogP contribution < -0.4 is 9.47 Å². The molecular formula is C50H52N10O2. The molecule has 6 saturated heterocycles. The SMILES string of the molecule is C=CC1CN2CCC1CC2[C@H](c1ccnc2ccc(OC)cc12)n1cc(-c2ccccc2-c2cn([C@@H](c3ccnc4ccc(OC)cc34)C3CC4CCN3CC4C=C)nn2)nn1. The minimum absolute atomic E-state index is 0.105. The quantitative estimate of drug-likeness (QED) is 0.112. The predicted molar refractivity (Wildman–Crippen MR) is 241 cm³/mol. The van der Waals surface area contributed by atoms with Gasteiger partial charge in [-0.1, -0.05) is 46.8 Å². The first-order valence-electron chi connectivity index (χ1n) is 22.0. The lowest BCUT2D eigenvalue weighted by atomic mass is 9.73. The van der Waals surface area contributed by atoms with E-state index >= 15 is 0 Å². The summed E-state index contributed by atoms with van der Waals surface area (Å²) in [6.45, 7) is 12.5. The highest BCUT2D eigenvalue weighted by molar-refractivity contribution is 5.85. The second kappa shape index (κ2) is 15.9. The number of methoxy groups -OCH3 is 2. The van der Waals surface area contributed by atoms with Crippen LogP contribution in [-0.4, -0.2) is 102 Å². The van der Waals surface area contributed by atoms with E-state index in [1.807, 2.05) is 36.7 Å². The fourth-order valence-corrected chi connectivity index (χ4v) is 11.5. The average molecular weight is 825 g/mol. The molecule has 10 heterocycles. The van der Waals surface area contributed by atoms with Crippen molar-refractivity contribution < 1.29 is 9.47 Å². The Balaban J connectivity index is 0.992. The Hall–Kier alpha value is -6.24. The number of hydrogen-bond acceptors (Lipinski definition) is 10. The van der Waals surface area contributed by atoms with Crippen molar-refractivity contribution in [2.24, 2.45) is 23.7 Å². The average Bonchev–Trinajstić information content (AvgIpc) is 4.03. The fraction of sp³-hybridized carbons (Fsp3) is 0.360. The summed E-state index contributed by atoms with van der Waals surface area (Å²) >= 11 is 0. The second-order valence-electron chi connectivity index (χ2n) is 17.7. The molecule has 0 spiro atoms. The summed E-state index contributed by atoms with van der Waals surface area (Å²) in [4.78, 5) is 14.8. The number of pyridine rings is 2. The van der Waals surface area contributed by atoms with Crippen molar-refractivity contribution in [2.45, 2.75) is 49.9 Å². The van der Waals surface area contributed by atoms with Gasteiger partial charge in [0.1, 0.15) is 22.9 Å². The third-order valence-electron chi connectivity index (χ3n) is 14.7. The highest BCUT2D eigenvalue weighted by Gasteiger charge is 2.45. The Kier molecular flexibility index (Phi) is 9.92. The van der Waals surface area contributed by atoms with Crippen molar-refractivity contribution in [1.82, 2.24) is 49.8 Å². The summed E-state index contributed by atoms with van der Waals surface area (Å²) in [7, 11) is 3.43. The summed E-state index contributed by atoms with van der Waals surface area (Å²) in [5.74, 6) is 3.76. The first-order chi connectivity index (χ1) is 30.5. The Morgan fingerprint density at radius 1 is 0.629 bits per heavy atom. The molecule has 4 bridgehead atoms. The van der Waals surface area contributed by atoms with Crippen LogP contribution in [0.1, 0.15) is 48.9 Å². The molecule has 0 amide bonds. The molecule has 0 aliphatic carbocycles. The normalized spacial score (nSPS) is 26.4. The molecule has 10 atom stereocenters. The second-order valence-corrected chi connectivity index (χ2v) is 17.7. The molecule has 6 aliphatic rings. The van der Waals surface area contributed by atoms with Crippen molar-refractivity contribution in [3.8, 4) is 34.0 Å². The predicted octanol–water partition coefficient (Wildman–Crippen LogP) is 8.29. The van der Waals surface area contributed by atoms with Gasteiger partial charge in [0.2, 0.25) is 0 Å². The largest absolute Gasteiger partial charge is 0.497 e. The molecule has 6 aliphatic heterocycles. The van der Waals surface area contributed by atoms with Gasteiger partial charge in [-0.2, -0.15) is 0 Å². The summed E-state index contributed by atoms with van der Waals surface area (Å²) < 4.78 is 15.6. The lowest BCUT2D eigenvalue weighted by Gasteiger charge is -2.51. The van der Waals surface area contributed by atoms with Crippen LogP contribution in [0.4, 0.5) is 0 Å². The van der Waals surface area contributed by atoms with Gasteiger partial charge in [-0.25, -0.2) is 9.36 Å². The van der Waals surface area contributed by atoms with Gasteiger partial charge in [-0.15, -0.1) is 23.4 Å². The van der Waals surface area contributed by atoms with Crippen molar-refractivity contribution in [3.63, 3.8) is 0 Å². The minimum Gasteiger partial charge on any atom is -0.497 e. The standard InChI is InChI=1S/C50H52N10O2/c1-5-31-27-57-21-17-33(31)23-47(57)49(39-15-19-51-43-13-11-35(61-3)25-41(39)43)59-29-45(53-55-59)37-9-7-8-10-38(37)46-30-60(56-54-46)50(48-24-34-18-22-58(48)28-32(34)6-2)40-16-20-52-44-14-12-36(62-4)26-42(40)44/h5-16,19-20,25-26,29-34,47-50H,1-2,17-18,21-24,27-28H2,3-4H3/t31?,32?,33?,34?,47?,48?,49-,50-/m0/s1. The zero-order valence-electron chi connectivity index (χ0n) is 35.4. The van der Waals surface area contributed by atoms with Gasteiger partial charge in [-0.05, 0) is 122 Å². The van der Waals surface area contributed by atoms with E-state index in [0.29, 0.717) is 23.7 Å². The Morgan fingerprint density at radius 2 is 1.10 bits per heavy atom. The summed E-state index contributed by atoms with van der Waals surface area (Å²) in [5.41, 5.74) is 7.65. The van der Waals surface area contributed by atoms with E-state index in [0.717, 1.165) is 106 Å². The lowest BCUT2D eigenvalue weighted by molar-refractivity contribution is -0.000132. The van der Waals surface area contributed by atoms with Gasteiger partial charge in [0, 0.05) is 59.5 Å². The van der Waals surface area contributed by atoms with Gasteiger partial charge in [-0.3, -0.25) is 19.8 Å². The molecule has 314 valence electrons. The molecular weight excluding hydrogens is 773 g/mol. The molecule has 4 aromatic heterocycles. The van der Waals surface area contributed by atoms with Crippen molar-refractivity contribution in [1.29, 1.82) is 0 Å². The van der Waals surface area contributed by atoms with Gasteiger partial charge in [0.15, 0.2) is 0 Å². The molecule has 7 aromatic rings. The van der Waals surface area contributed by atoms with E-state index in [4.69, 9.17) is 40.1 Å². The molecule has 62 heavy (non-hydrogen) atoms. The van der Waals surface area contributed by atoms with E-state index in [2.05, 4.69) is 105 Å².